The lowest BCUT2D eigenvalue weighted by Gasteiger charge is -2.24. The minimum Gasteiger partial charge on any atom is -0.355 e. The number of hydrogen-bond donors (Lipinski definition) is 1. The third kappa shape index (κ3) is 6.33. The SMILES string of the molecule is CCCN(CC(=O)NCC1CCCCC1)Cc1ccc(C#N)cc1. The third-order valence-corrected chi connectivity index (χ3v) is 4.71. The summed E-state index contributed by atoms with van der Waals surface area (Å²) in [6, 6.07) is 9.75. The first kappa shape index (κ1) is 18.5. The molecule has 1 aliphatic rings. The van der Waals surface area contributed by atoms with Gasteiger partial charge in [0.2, 0.25) is 5.91 Å². The van der Waals surface area contributed by atoms with E-state index < -0.39 is 0 Å². The third-order valence-electron chi connectivity index (χ3n) is 4.71. The van der Waals surface area contributed by atoms with Crippen LogP contribution in [0.3, 0.4) is 0 Å². The van der Waals surface area contributed by atoms with Crippen LogP contribution in [0.25, 0.3) is 0 Å². The van der Waals surface area contributed by atoms with Crippen molar-refractivity contribution in [2.45, 2.75) is 52.0 Å². The highest BCUT2D eigenvalue weighted by atomic mass is 16.2. The van der Waals surface area contributed by atoms with E-state index in [9.17, 15) is 4.79 Å². The van der Waals surface area contributed by atoms with Crippen molar-refractivity contribution in [1.29, 1.82) is 5.26 Å². The van der Waals surface area contributed by atoms with E-state index in [4.69, 9.17) is 5.26 Å². The average molecular weight is 327 g/mol. The number of carbonyl (C=O) groups is 1. The molecule has 2 rings (SSSR count). The second-order valence-electron chi connectivity index (χ2n) is 6.83. The Balaban J connectivity index is 1.80. The van der Waals surface area contributed by atoms with Crippen LogP contribution in [0, 0.1) is 17.2 Å². The molecule has 0 saturated heterocycles. The normalized spacial score (nSPS) is 15.2. The molecule has 0 atom stereocenters. The summed E-state index contributed by atoms with van der Waals surface area (Å²) in [5.74, 6) is 0.795. The summed E-state index contributed by atoms with van der Waals surface area (Å²) in [7, 11) is 0. The molecule has 130 valence electrons. The molecule has 0 bridgehead atoms. The number of rotatable bonds is 8. The molecule has 4 nitrogen and oxygen atoms in total. The summed E-state index contributed by atoms with van der Waals surface area (Å²) in [5, 5.41) is 12.0. The zero-order valence-electron chi connectivity index (χ0n) is 14.8. The van der Waals surface area contributed by atoms with E-state index in [0.29, 0.717) is 18.0 Å². The van der Waals surface area contributed by atoms with Crippen LogP contribution in [0.2, 0.25) is 0 Å². The maximum Gasteiger partial charge on any atom is 0.234 e. The van der Waals surface area contributed by atoms with E-state index in [1.54, 1.807) is 0 Å². The Hall–Kier alpha value is -1.86. The first-order valence-electron chi connectivity index (χ1n) is 9.19. The van der Waals surface area contributed by atoms with Gasteiger partial charge in [-0.05, 0) is 49.4 Å². The van der Waals surface area contributed by atoms with Crippen molar-refractivity contribution in [2.24, 2.45) is 5.92 Å². The number of hydrogen-bond acceptors (Lipinski definition) is 3. The van der Waals surface area contributed by atoms with Crippen LogP contribution < -0.4 is 5.32 Å². The highest BCUT2D eigenvalue weighted by molar-refractivity contribution is 5.78. The van der Waals surface area contributed by atoms with Crippen LogP contribution in [0.4, 0.5) is 0 Å². The van der Waals surface area contributed by atoms with E-state index in [2.05, 4.69) is 23.2 Å². The quantitative estimate of drug-likeness (QED) is 0.795. The van der Waals surface area contributed by atoms with Crippen LogP contribution in [0.15, 0.2) is 24.3 Å². The Bertz CT molecular complexity index is 541. The van der Waals surface area contributed by atoms with Gasteiger partial charge in [0, 0.05) is 13.1 Å². The highest BCUT2D eigenvalue weighted by Gasteiger charge is 2.15. The molecule has 1 N–H and O–H groups in total. The molecule has 24 heavy (non-hydrogen) atoms. The summed E-state index contributed by atoms with van der Waals surface area (Å²) in [4.78, 5) is 14.4. The largest absolute Gasteiger partial charge is 0.355 e. The first-order valence-corrected chi connectivity index (χ1v) is 9.19. The van der Waals surface area contributed by atoms with Gasteiger partial charge >= 0.3 is 0 Å². The topological polar surface area (TPSA) is 56.1 Å². The second-order valence-corrected chi connectivity index (χ2v) is 6.83. The Morgan fingerprint density at radius 3 is 2.58 bits per heavy atom. The van der Waals surface area contributed by atoms with Crippen LogP contribution in [-0.4, -0.2) is 30.4 Å². The predicted molar refractivity (Wildman–Crippen MR) is 96.3 cm³/mol. The molecule has 1 amide bonds. The van der Waals surface area contributed by atoms with Gasteiger partial charge in [-0.25, -0.2) is 0 Å². The molecule has 0 spiro atoms. The Morgan fingerprint density at radius 1 is 1.25 bits per heavy atom. The molecule has 0 aromatic heterocycles. The van der Waals surface area contributed by atoms with Crippen molar-refractivity contribution in [3.63, 3.8) is 0 Å². The van der Waals surface area contributed by atoms with Crippen molar-refractivity contribution in [3.8, 4) is 6.07 Å². The Kier molecular flexibility index (Phi) is 7.77. The minimum atomic E-state index is 0.127. The van der Waals surface area contributed by atoms with E-state index in [1.165, 1.54) is 32.1 Å². The van der Waals surface area contributed by atoms with Gasteiger partial charge in [-0.2, -0.15) is 5.26 Å². The Labute approximate surface area is 145 Å². The molecule has 0 radical (unpaired) electrons. The number of nitrogens with one attached hydrogen (secondary N) is 1. The summed E-state index contributed by atoms with van der Waals surface area (Å²) in [6.45, 7) is 5.05. The molecule has 0 aliphatic heterocycles. The number of nitrogens with zero attached hydrogens (tertiary/aromatic N) is 2. The first-order chi connectivity index (χ1) is 11.7. The summed E-state index contributed by atoms with van der Waals surface area (Å²) < 4.78 is 0. The number of amides is 1. The van der Waals surface area contributed by atoms with Gasteiger partial charge in [-0.1, -0.05) is 38.3 Å². The standard InChI is InChI=1S/C20H29N3O/c1-2-12-23(15-19-10-8-17(13-21)9-11-19)16-20(24)22-14-18-6-4-3-5-7-18/h8-11,18H,2-7,12,14-16H2,1H3,(H,22,24). The van der Waals surface area contributed by atoms with E-state index >= 15 is 0 Å². The van der Waals surface area contributed by atoms with Crippen molar-refractivity contribution < 1.29 is 4.79 Å². The molecule has 0 heterocycles. The highest BCUT2D eigenvalue weighted by Crippen LogP contribution is 2.22. The van der Waals surface area contributed by atoms with Gasteiger partial charge in [0.25, 0.3) is 0 Å². The molecular weight excluding hydrogens is 298 g/mol. The van der Waals surface area contributed by atoms with E-state index in [1.807, 2.05) is 24.3 Å². The molecule has 4 heteroatoms. The van der Waals surface area contributed by atoms with E-state index in [-0.39, 0.29) is 5.91 Å². The lowest BCUT2D eigenvalue weighted by Crippen LogP contribution is -2.39. The fourth-order valence-corrected chi connectivity index (χ4v) is 3.38. The average Bonchev–Trinajstić information content (AvgIpc) is 2.62. The van der Waals surface area contributed by atoms with Gasteiger partial charge in [0.15, 0.2) is 0 Å². The summed E-state index contributed by atoms with van der Waals surface area (Å²) >= 11 is 0. The van der Waals surface area contributed by atoms with Crippen LogP contribution in [0.5, 0.6) is 0 Å². The minimum absolute atomic E-state index is 0.127. The van der Waals surface area contributed by atoms with Crippen molar-refractivity contribution >= 4 is 5.91 Å². The lowest BCUT2D eigenvalue weighted by atomic mass is 9.89. The van der Waals surface area contributed by atoms with Crippen molar-refractivity contribution in [2.75, 3.05) is 19.6 Å². The van der Waals surface area contributed by atoms with Gasteiger partial charge in [0.1, 0.15) is 0 Å². The molecule has 1 aromatic carbocycles. The van der Waals surface area contributed by atoms with Gasteiger partial charge in [0.05, 0.1) is 18.2 Å². The lowest BCUT2D eigenvalue weighted by molar-refractivity contribution is -0.122. The number of benzene rings is 1. The van der Waals surface area contributed by atoms with E-state index in [0.717, 1.165) is 31.6 Å². The predicted octanol–water partition coefficient (Wildman–Crippen LogP) is 3.47. The molecule has 1 aliphatic carbocycles. The maximum atomic E-state index is 12.3. The molecule has 1 saturated carbocycles. The smallest absolute Gasteiger partial charge is 0.234 e. The van der Waals surface area contributed by atoms with Gasteiger partial charge in [-0.3, -0.25) is 9.69 Å². The van der Waals surface area contributed by atoms with Crippen molar-refractivity contribution in [1.82, 2.24) is 10.2 Å². The summed E-state index contributed by atoms with van der Waals surface area (Å²) in [6.07, 6.45) is 7.49. The molecule has 1 fully saturated rings. The molecule has 0 unspecified atom stereocenters. The Morgan fingerprint density at radius 2 is 1.96 bits per heavy atom. The van der Waals surface area contributed by atoms with Crippen LogP contribution >= 0.6 is 0 Å². The van der Waals surface area contributed by atoms with Crippen LogP contribution in [-0.2, 0) is 11.3 Å². The van der Waals surface area contributed by atoms with Crippen LogP contribution in [0.1, 0.15) is 56.6 Å². The second kappa shape index (κ2) is 10.1. The maximum absolute atomic E-state index is 12.3. The monoisotopic (exact) mass is 327 g/mol. The van der Waals surface area contributed by atoms with Crippen molar-refractivity contribution in [3.05, 3.63) is 35.4 Å². The fraction of sp³-hybridized carbons (Fsp3) is 0.600. The molecule has 1 aromatic rings. The number of carbonyl (C=O) groups excluding carboxylic acids is 1. The zero-order chi connectivity index (χ0) is 17.2. The molecular formula is C20H29N3O. The zero-order valence-corrected chi connectivity index (χ0v) is 14.8. The van der Waals surface area contributed by atoms with Gasteiger partial charge in [-0.15, -0.1) is 0 Å². The number of nitriles is 1. The fourth-order valence-electron chi connectivity index (χ4n) is 3.38. The summed E-state index contributed by atoms with van der Waals surface area (Å²) in [5.41, 5.74) is 1.81. The van der Waals surface area contributed by atoms with Gasteiger partial charge < -0.3 is 5.32 Å².